The number of esters is 1. The summed E-state index contributed by atoms with van der Waals surface area (Å²) in [6.45, 7) is 6.47. The Morgan fingerprint density at radius 1 is 1.08 bits per heavy atom. The van der Waals surface area contributed by atoms with Crippen LogP contribution in [-0.2, 0) is 24.0 Å². The number of hydrogen-bond acceptors (Lipinski definition) is 7. The van der Waals surface area contributed by atoms with Crippen molar-refractivity contribution in [3.8, 4) is 0 Å². The minimum atomic E-state index is -1.17. The Hall–Kier alpha value is -2.22. The molecule has 5 aliphatic rings. The third-order valence-corrected chi connectivity index (χ3v) is 11.1. The van der Waals surface area contributed by atoms with Crippen LogP contribution < -0.4 is 0 Å². The van der Waals surface area contributed by atoms with Crippen LogP contribution in [0.1, 0.15) is 85.0 Å². The molecule has 0 aromatic heterocycles. The molecule has 0 spiro atoms. The molecule has 1 aliphatic heterocycles. The minimum Gasteiger partial charge on any atom is -0.467 e. The zero-order chi connectivity index (χ0) is 26.6. The first-order chi connectivity index (χ1) is 17.5. The minimum absolute atomic E-state index is 0.0684. The number of allylic oxidation sites excluding steroid dienone is 2. The first kappa shape index (κ1) is 26.4. The third kappa shape index (κ3) is 4.05. The van der Waals surface area contributed by atoms with Crippen LogP contribution in [0, 0.1) is 28.6 Å². The van der Waals surface area contributed by atoms with E-state index in [4.69, 9.17) is 9.57 Å². The van der Waals surface area contributed by atoms with E-state index in [1.54, 1.807) is 6.92 Å². The summed E-state index contributed by atoms with van der Waals surface area (Å²) in [6.07, 6.45) is 10.9. The number of methoxy groups -OCH3 is 1. The summed E-state index contributed by atoms with van der Waals surface area (Å²) in [5.74, 6) is 0.789. The molecule has 0 aromatic rings. The van der Waals surface area contributed by atoms with E-state index in [1.165, 1.54) is 17.6 Å². The largest absolute Gasteiger partial charge is 0.467 e. The lowest BCUT2D eigenvalue weighted by molar-refractivity contribution is -0.159. The van der Waals surface area contributed by atoms with E-state index in [2.05, 4.69) is 25.1 Å². The van der Waals surface area contributed by atoms with E-state index < -0.39 is 11.6 Å². The summed E-state index contributed by atoms with van der Waals surface area (Å²) >= 11 is 0. The van der Waals surface area contributed by atoms with Gasteiger partial charge in [-0.05, 0) is 100 Å². The molecule has 4 fully saturated rings. The van der Waals surface area contributed by atoms with Crippen LogP contribution in [0.25, 0.3) is 0 Å². The fourth-order valence-corrected chi connectivity index (χ4v) is 8.94. The van der Waals surface area contributed by atoms with Gasteiger partial charge in [-0.25, -0.2) is 4.79 Å². The molecule has 0 unspecified atom stereocenters. The maximum atomic E-state index is 12.6. The molecule has 4 aliphatic carbocycles. The van der Waals surface area contributed by atoms with Gasteiger partial charge in [-0.15, -0.1) is 0 Å². The molecule has 3 saturated carbocycles. The van der Waals surface area contributed by atoms with Crippen LogP contribution in [0.2, 0.25) is 0 Å². The summed E-state index contributed by atoms with van der Waals surface area (Å²) in [6, 6.07) is -0.523. The van der Waals surface area contributed by atoms with Crippen LogP contribution in [0.15, 0.2) is 16.8 Å². The van der Waals surface area contributed by atoms with Crippen LogP contribution in [0.5, 0.6) is 0 Å². The summed E-state index contributed by atoms with van der Waals surface area (Å²) < 4.78 is 4.82. The van der Waals surface area contributed by atoms with Gasteiger partial charge in [0, 0.05) is 12.0 Å². The molecular weight excluding hydrogens is 472 g/mol. The van der Waals surface area contributed by atoms with Crippen LogP contribution in [0.4, 0.5) is 0 Å². The molecule has 37 heavy (non-hydrogen) atoms. The van der Waals surface area contributed by atoms with Crippen molar-refractivity contribution in [2.75, 3.05) is 20.3 Å². The molecule has 7 atom stereocenters. The van der Waals surface area contributed by atoms with Gasteiger partial charge in [0.1, 0.15) is 11.6 Å². The van der Waals surface area contributed by atoms with Crippen molar-refractivity contribution < 1.29 is 29.1 Å². The summed E-state index contributed by atoms with van der Waals surface area (Å²) in [7, 11) is 1.34. The van der Waals surface area contributed by atoms with Crippen molar-refractivity contribution in [1.82, 2.24) is 4.90 Å². The van der Waals surface area contributed by atoms with Gasteiger partial charge in [0.05, 0.1) is 12.8 Å². The fraction of sp³-hybridized carbons (Fsp3) is 0.793. The first-order valence-corrected chi connectivity index (χ1v) is 14.1. The van der Waals surface area contributed by atoms with Gasteiger partial charge in [-0.3, -0.25) is 9.59 Å². The van der Waals surface area contributed by atoms with Crippen LogP contribution >= 0.6 is 0 Å². The van der Waals surface area contributed by atoms with Crippen molar-refractivity contribution in [3.05, 3.63) is 11.6 Å². The number of ether oxygens (including phenoxy) is 1. The van der Waals surface area contributed by atoms with Crippen molar-refractivity contribution in [2.24, 2.45) is 33.7 Å². The van der Waals surface area contributed by atoms with Crippen molar-refractivity contribution in [3.63, 3.8) is 0 Å². The number of carbonyl (C=O) groups excluding carboxylic acids is 3. The van der Waals surface area contributed by atoms with E-state index in [-0.39, 0.29) is 35.1 Å². The number of likely N-dealkylation sites (tertiary alicyclic amines) is 1. The quantitative estimate of drug-likeness (QED) is 0.442. The Kier molecular flexibility index (Phi) is 6.78. The monoisotopic (exact) mass is 514 g/mol. The molecule has 5 rings (SSSR count). The lowest BCUT2D eigenvalue weighted by Crippen LogP contribution is -2.57. The maximum Gasteiger partial charge on any atom is 0.328 e. The van der Waals surface area contributed by atoms with Crippen LogP contribution in [0.3, 0.4) is 0 Å². The molecule has 0 radical (unpaired) electrons. The zero-order valence-corrected chi connectivity index (χ0v) is 22.8. The fourth-order valence-electron chi connectivity index (χ4n) is 8.94. The van der Waals surface area contributed by atoms with Gasteiger partial charge in [-0.2, -0.15) is 0 Å². The van der Waals surface area contributed by atoms with Crippen molar-refractivity contribution in [1.29, 1.82) is 0 Å². The molecular formula is C29H42N2O6. The summed E-state index contributed by atoms with van der Waals surface area (Å²) in [5, 5.41) is 15.7. The van der Waals surface area contributed by atoms with Gasteiger partial charge < -0.3 is 19.6 Å². The second-order valence-corrected chi connectivity index (χ2v) is 12.5. The topological polar surface area (TPSA) is 106 Å². The van der Waals surface area contributed by atoms with E-state index >= 15 is 0 Å². The Morgan fingerprint density at radius 2 is 1.84 bits per heavy atom. The molecule has 0 bridgehead atoms. The molecule has 8 heteroatoms. The number of fused-ring (bicyclic) bond motifs is 5. The maximum absolute atomic E-state index is 12.6. The van der Waals surface area contributed by atoms with Gasteiger partial charge in [-0.1, -0.05) is 24.6 Å². The number of hydrogen-bond donors (Lipinski definition) is 1. The average Bonchev–Trinajstić information content (AvgIpc) is 3.47. The molecule has 0 aromatic carbocycles. The predicted octanol–water partition coefficient (Wildman–Crippen LogP) is 3.81. The molecule has 1 heterocycles. The van der Waals surface area contributed by atoms with Gasteiger partial charge in [0.2, 0.25) is 0 Å². The predicted molar refractivity (Wildman–Crippen MR) is 137 cm³/mol. The average molecular weight is 515 g/mol. The summed E-state index contributed by atoms with van der Waals surface area (Å²) in [5.41, 5.74) is 0.896. The molecule has 1 N–H and O–H groups in total. The Labute approximate surface area is 219 Å². The van der Waals surface area contributed by atoms with Gasteiger partial charge >= 0.3 is 5.97 Å². The highest BCUT2D eigenvalue weighted by Gasteiger charge is 2.65. The number of oxime groups is 1. The smallest absolute Gasteiger partial charge is 0.328 e. The second-order valence-electron chi connectivity index (χ2n) is 12.5. The van der Waals surface area contributed by atoms with E-state index in [0.717, 1.165) is 57.1 Å². The standard InChI is InChI=1S/C29H42N2O6/c1-18(32)29(35)14-11-23-21-8-7-19-16-20(9-12-27(19,2)22(21)10-13-28(23,29)3)30-37-17-25(33)31-15-5-6-24(31)26(34)36-4/h16,21-24,35H,5-15,17H2,1-4H3/b30-20-/t21-,22-,23+,24+,27-,28-,29-/m0/s1. The van der Waals surface area contributed by atoms with E-state index in [9.17, 15) is 19.5 Å². The number of aliphatic hydroxyl groups is 1. The number of carbonyl (C=O) groups is 3. The van der Waals surface area contributed by atoms with Crippen LogP contribution in [-0.4, -0.2) is 65.3 Å². The normalized spacial score (nSPS) is 41.9. The third-order valence-electron chi connectivity index (χ3n) is 11.1. The van der Waals surface area contributed by atoms with Crippen molar-refractivity contribution in [2.45, 2.75) is 96.6 Å². The highest BCUT2D eigenvalue weighted by Crippen LogP contribution is 2.67. The Bertz CT molecular complexity index is 1040. The molecule has 1 amide bonds. The van der Waals surface area contributed by atoms with Gasteiger partial charge in [0.15, 0.2) is 12.4 Å². The molecule has 204 valence electrons. The number of nitrogens with zero attached hydrogens (tertiary/aromatic N) is 2. The SMILES string of the molecule is COC(=O)[C@H]1CCCN1C(=O)CO/N=C1\C=C2CC[C@@H]3[C@H]4CC[C@](O)(C(C)=O)[C@@]4(C)CC[C@@H]3[C@@]2(C)CC1. The van der Waals surface area contributed by atoms with Crippen molar-refractivity contribution >= 4 is 23.4 Å². The van der Waals surface area contributed by atoms with E-state index in [1.807, 2.05) is 0 Å². The lowest BCUT2D eigenvalue weighted by Gasteiger charge is -2.59. The highest BCUT2D eigenvalue weighted by atomic mass is 16.6. The summed E-state index contributed by atoms with van der Waals surface area (Å²) in [4.78, 5) is 44.0. The number of Topliss-reactive ketones (excluding diaryl/α,β-unsaturated/α-hetero) is 1. The highest BCUT2D eigenvalue weighted by molar-refractivity contribution is 5.96. The Balaban J connectivity index is 1.25. The number of rotatable bonds is 5. The van der Waals surface area contributed by atoms with E-state index in [0.29, 0.717) is 37.1 Å². The molecule has 8 nitrogen and oxygen atoms in total. The number of amides is 1. The zero-order valence-electron chi connectivity index (χ0n) is 22.8. The first-order valence-electron chi connectivity index (χ1n) is 14.1. The number of ketones is 1. The Morgan fingerprint density at radius 3 is 2.57 bits per heavy atom. The second kappa shape index (κ2) is 9.51. The van der Waals surface area contributed by atoms with Gasteiger partial charge in [0.25, 0.3) is 5.91 Å². The lowest BCUT2D eigenvalue weighted by atomic mass is 9.46. The molecule has 1 saturated heterocycles.